The number of carbonyl (C=O) groups is 1. The summed E-state index contributed by atoms with van der Waals surface area (Å²) in [6.45, 7) is 1.38. The summed E-state index contributed by atoms with van der Waals surface area (Å²) in [5.41, 5.74) is 4.06. The van der Waals surface area contributed by atoms with Crippen molar-refractivity contribution in [3.63, 3.8) is 0 Å². The van der Waals surface area contributed by atoms with Gasteiger partial charge in [-0.25, -0.2) is 18.6 Å². The Labute approximate surface area is 153 Å². The van der Waals surface area contributed by atoms with Gasteiger partial charge in [0.2, 0.25) is 10.0 Å². The second-order valence-corrected chi connectivity index (χ2v) is 7.31. The molecule has 2 rings (SSSR count). The van der Waals surface area contributed by atoms with Crippen molar-refractivity contribution in [2.24, 2.45) is 5.10 Å². The maximum atomic E-state index is 12.0. The summed E-state index contributed by atoms with van der Waals surface area (Å²) < 4.78 is 31.4. The Morgan fingerprint density at radius 1 is 1.08 bits per heavy atom. The smallest absolute Gasteiger partial charge is 0.255 e. The molecule has 0 saturated heterocycles. The molecule has 8 heteroatoms. The molecule has 0 heterocycles. The summed E-state index contributed by atoms with van der Waals surface area (Å²) in [5.74, 6) is 0.223. The fraction of sp³-hybridized carbons (Fsp3) is 0.222. The number of ether oxygens (including phenoxy) is 1. The normalized spacial score (nSPS) is 11.8. The third-order valence-electron chi connectivity index (χ3n) is 3.47. The van der Waals surface area contributed by atoms with E-state index in [9.17, 15) is 13.2 Å². The van der Waals surface area contributed by atoms with E-state index < -0.39 is 22.5 Å². The molecule has 0 aromatic heterocycles. The Kier molecular flexibility index (Phi) is 6.88. The van der Waals surface area contributed by atoms with Gasteiger partial charge in [-0.15, -0.1) is 0 Å². The molecule has 2 N–H and O–H groups in total. The molecule has 0 spiro atoms. The van der Waals surface area contributed by atoms with Crippen LogP contribution in [0.4, 0.5) is 0 Å². The van der Waals surface area contributed by atoms with E-state index in [4.69, 9.17) is 4.74 Å². The molecule has 0 aliphatic heterocycles. The first kappa shape index (κ1) is 19.6. The largest absolute Gasteiger partial charge is 0.497 e. The van der Waals surface area contributed by atoms with Crippen molar-refractivity contribution >= 4 is 21.6 Å². The highest BCUT2D eigenvalue weighted by molar-refractivity contribution is 7.89. The molecule has 0 radical (unpaired) electrons. The molecule has 138 valence electrons. The van der Waals surface area contributed by atoms with E-state index in [2.05, 4.69) is 15.2 Å². The van der Waals surface area contributed by atoms with Crippen LogP contribution in [0, 0.1) is 0 Å². The van der Waals surface area contributed by atoms with Crippen molar-refractivity contribution in [2.45, 2.75) is 18.2 Å². The van der Waals surface area contributed by atoms with Gasteiger partial charge < -0.3 is 4.74 Å². The first-order valence-corrected chi connectivity index (χ1v) is 9.38. The number of benzene rings is 2. The predicted molar refractivity (Wildman–Crippen MR) is 99.6 cm³/mol. The number of hydrogen-bond acceptors (Lipinski definition) is 5. The minimum Gasteiger partial charge on any atom is -0.497 e. The molecule has 7 nitrogen and oxygen atoms in total. The predicted octanol–water partition coefficient (Wildman–Crippen LogP) is 1.71. The van der Waals surface area contributed by atoms with Gasteiger partial charge in [-0.1, -0.05) is 30.3 Å². The first-order chi connectivity index (χ1) is 12.4. The summed E-state index contributed by atoms with van der Waals surface area (Å²) in [7, 11) is -2.12. The Hall–Kier alpha value is -2.71. The molecule has 1 amide bonds. The van der Waals surface area contributed by atoms with Crippen molar-refractivity contribution in [1.29, 1.82) is 0 Å². The van der Waals surface area contributed by atoms with Crippen LogP contribution in [-0.2, 0) is 21.2 Å². The van der Waals surface area contributed by atoms with Crippen LogP contribution in [0.15, 0.2) is 64.6 Å². The van der Waals surface area contributed by atoms with E-state index in [1.54, 1.807) is 32.2 Å². The molecular formula is C18H21N3O4S. The number of carbonyl (C=O) groups excluding carboxylic acids is 1. The molecule has 2 aromatic carbocycles. The first-order valence-electron chi connectivity index (χ1n) is 7.90. The Balaban J connectivity index is 1.84. The number of methoxy groups -OCH3 is 1. The van der Waals surface area contributed by atoms with Crippen LogP contribution in [0.2, 0.25) is 0 Å². The molecule has 2 aromatic rings. The average Bonchev–Trinajstić information content (AvgIpc) is 2.66. The zero-order valence-corrected chi connectivity index (χ0v) is 15.4. The van der Waals surface area contributed by atoms with Crippen molar-refractivity contribution < 1.29 is 17.9 Å². The molecule has 0 bridgehead atoms. The van der Waals surface area contributed by atoms with Gasteiger partial charge in [0.15, 0.2) is 0 Å². The van der Waals surface area contributed by atoms with Crippen molar-refractivity contribution in [3.05, 3.63) is 60.2 Å². The van der Waals surface area contributed by atoms with Crippen LogP contribution >= 0.6 is 0 Å². The summed E-state index contributed by atoms with van der Waals surface area (Å²) >= 11 is 0. The van der Waals surface area contributed by atoms with E-state index in [1.807, 2.05) is 24.3 Å². The van der Waals surface area contributed by atoms with Gasteiger partial charge in [0.25, 0.3) is 5.91 Å². The fourth-order valence-corrected chi connectivity index (χ4v) is 3.12. The van der Waals surface area contributed by atoms with Crippen LogP contribution in [0.25, 0.3) is 0 Å². The summed E-state index contributed by atoms with van der Waals surface area (Å²) in [6, 6.07) is 15.4. The second-order valence-electron chi connectivity index (χ2n) is 5.54. The van der Waals surface area contributed by atoms with Crippen molar-refractivity contribution in [2.75, 3.05) is 13.7 Å². The monoisotopic (exact) mass is 375 g/mol. The third kappa shape index (κ3) is 5.98. The quantitative estimate of drug-likeness (QED) is 0.542. The maximum absolute atomic E-state index is 12.0. The minimum atomic E-state index is -3.72. The van der Waals surface area contributed by atoms with Crippen molar-refractivity contribution in [3.8, 4) is 5.75 Å². The van der Waals surface area contributed by atoms with E-state index in [1.165, 1.54) is 12.1 Å². The number of sulfonamides is 1. The summed E-state index contributed by atoms with van der Waals surface area (Å²) in [4.78, 5) is 11.9. The topological polar surface area (TPSA) is 96.9 Å². The van der Waals surface area contributed by atoms with Crippen LogP contribution < -0.4 is 14.9 Å². The van der Waals surface area contributed by atoms with Crippen LogP contribution in [0.1, 0.15) is 12.5 Å². The molecule has 0 fully saturated rings. The molecular weight excluding hydrogens is 354 g/mol. The van der Waals surface area contributed by atoms with Crippen molar-refractivity contribution in [1.82, 2.24) is 10.1 Å². The van der Waals surface area contributed by atoms with Gasteiger partial charge in [-0.05, 0) is 36.8 Å². The lowest BCUT2D eigenvalue weighted by Crippen LogP contribution is -2.35. The fourth-order valence-electron chi connectivity index (χ4n) is 2.12. The molecule has 0 aliphatic carbocycles. The van der Waals surface area contributed by atoms with E-state index in [0.29, 0.717) is 12.1 Å². The SMILES string of the molecule is COc1ccc(C/C(C)=N\NC(=O)CNS(=O)(=O)c2ccccc2)cc1. The number of rotatable bonds is 8. The molecule has 0 atom stereocenters. The molecule has 0 saturated carbocycles. The van der Waals surface area contributed by atoms with Crippen LogP contribution in [0.5, 0.6) is 5.75 Å². The lowest BCUT2D eigenvalue weighted by atomic mass is 10.1. The number of hydrogen-bond donors (Lipinski definition) is 2. The van der Waals surface area contributed by atoms with Gasteiger partial charge in [0.05, 0.1) is 18.6 Å². The lowest BCUT2D eigenvalue weighted by molar-refractivity contribution is -0.119. The van der Waals surface area contributed by atoms with Gasteiger partial charge in [-0.2, -0.15) is 5.10 Å². The number of nitrogens with zero attached hydrogens (tertiary/aromatic N) is 1. The van der Waals surface area contributed by atoms with E-state index in [-0.39, 0.29) is 4.90 Å². The number of hydrazone groups is 1. The maximum Gasteiger partial charge on any atom is 0.255 e. The molecule has 0 unspecified atom stereocenters. The zero-order chi connectivity index (χ0) is 19.0. The van der Waals surface area contributed by atoms with Gasteiger partial charge in [0, 0.05) is 12.1 Å². The van der Waals surface area contributed by atoms with Gasteiger partial charge in [0.1, 0.15) is 5.75 Å². The second kappa shape index (κ2) is 9.12. The van der Waals surface area contributed by atoms with Crippen LogP contribution in [-0.4, -0.2) is 33.7 Å². The van der Waals surface area contributed by atoms with Crippen LogP contribution in [0.3, 0.4) is 0 Å². The Morgan fingerprint density at radius 3 is 2.35 bits per heavy atom. The van der Waals surface area contributed by atoms with Gasteiger partial charge in [-0.3, -0.25) is 4.79 Å². The number of nitrogens with one attached hydrogen (secondary N) is 2. The molecule has 0 aliphatic rings. The third-order valence-corrected chi connectivity index (χ3v) is 4.88. The zero-order valence-electron chi connectivity index (χ0n) is 14.6. The standard InChI is InChI=1S/C18H21N3O4S/c1-14(12-15-8-10-16(25-2)11-9-15)20-21-18(22)13-19-26(23,24)17-6-4-3-5-7-17/h3-11,19H,12-13H2,1-2H3,(H,21,22)/b20-14-. The van der Waals surface area contributed by atoms with E-state index >= 15 is 0 Å². The van der Waals surface area contributed by atoms with Gasteiger partial charge >= 0.3 is 0 Å². The summed E-state index contributed by atoms with van der Waals surface area (Å²) in [6.07, 6.45) is 0.556. The Morgan fingerprint density at radius 2 is 1.73 bits per heavy atom. The Bertz CT molecular complexity index is 863. The highest BCUT2D eigenvalue weighted by atomic mass is 32.2. The number of amides is 1. The highest BCUT2D eigenvalue weighted by Gasteiger charge is 2.14. The average molecular weight is 375 g/mol. The minimum absolute atomic E-state index is 0.104. The van der Waals surface area contributed by atoms with E-state index in [0.717, 1.165) is 11.3 Å². The highest BCUT2D eigenvalue weighted by Crippen LogP contribution is 2.12. The molecule has 26 heavy (non-hydrogen) atoms. The lowest BCUT2D eigenvalue weighted by Gasteiger charge is -2.07. The summed E-state index contributed by atoms with van der Waals surface area (Å²) in [5, 5.41) is 3.99.